The fourth-order valence-electron chi connectivity index (χ4n) is 5.02. The molecule has 128 valence electrons. The predicted octanol–water partition coefficient (Wildman–Crippen LogP) is 2.21. The minimum Gasteiger partial charge on any atom is -0.450 e. The standard InChI is InChI=1S/C19H24N2O3/c1-2-24-19(23)20-16-14-8-13-9-15(16)18(22)17(14)21(11-13)10-12-6-4-3-5-7-12/h3-7,13-17H,2,8-11H2,1H3,(H,20,23). The summed E-state index contributed by atoms with van der Waals surface area (Å²) in [6, 6.07) is 10.2. The quantitative estimate of drug-likeness (QED) is 0.921. The first-order chi connectivity index (χ1) is 11.7. The summed E-state index contributed by atoms with van der Waals surface area (Å²) in [7, 11) is 0. The Morgan fingerprint density at radius 1 is 1.29 bits per heavy atom. The SMILES string of the molecule is CCOC(=O)NC1C2CC3CC1C(C2=O)N(Cc1ccccc1)C3. The molecule has 3 aliphatic rings. The van der Waals surface area contributed by atoms with E-state index in [1.165, 1.54) is 5.56 Å². The van der Waals surface area contributed by atoms with Crippen LogP contribution in [0.3, 0.4) is 0 Å². The number of nitrogens with zero attached hydrogens (tertiary/aromatic N) is 1. The number of amides is 1. The summed E-state index contributed by atoms with van der Waals surface area (Å²) in [6.07, 6.45) is 1.54. The van der Waals surface area contributed by atoms with Crippen LogP contribution in [-0.4, -0.2) is 42.0 Å². The minimum absolute atomic E-state index is 0.0380. The highest BCUT2D eigenvalue weighted by Crippen LogP contribution is 2.49. The van der Waals surface area contributed by atoms with Gasteiger partial charge in [-0.3, -0.25) is 9.69 Å². The van der Waals surface area contributed by atoms with E-state index in [-0.39, 0.29) is 30.0 Å². The van der Waals surface area contributed by atoms with Gasteiger partial charge in [0, 0.05) is 31.0 Å². The molecule has 1 saturated heterocycles. The third kappa shape index (κ3) is 2.61. The summed E-state index contributed by atoms with van der Waals surface area (Å²) in [4.78, 5) is 27.2. The lowest BCUT2D eigenvalue weighted by molar-refractivity contribution is -0.125. The van der Waals surface area contributed by atoms with E-state index in [0.29, 0.717) is 18.3 Å². The molecule has 1 heterocycles. The van der Waals surface area contributed by atoms with Gasteiger partial charge >= 0.3 is 6.09 Å². The Balaban J connectivity index is 1.54. The molecule has 1 N–H and O–H groups in total. The van der Waals surface area contributed by atoms with Crippen LogP contribution in [0.25, 0.3) is 0 Å². The molecule has 5 nitrogen and oxygen atoms in total. The number of piperidine rings is 1. The maximum absolute atomic E-state index is 13.0. The van der Waals surface area contributed by atoms with Gasteiger partial charge in [0.2, 0.25) is 0 Å². The molecule has 1 aliphatic heterocycles. The van der Waals surface area contributed by atoms with Crippen LogP contribution in [0.2, 0.25) is 0 Å². The molecule has 3 bridgehead atoms. The van der Waals surface area contributed by atoms with Crippen molar-refractivity contribution < 1.29 is 14.3 Å². The molecule has 0 radical (unpaired) electrons. The van der Waals surface area contributed by atoms with Crippen LogP contribution in [0.1, 0.15) is 25.3 Å². The van der Waals surface area contributed by atoms with Gasteiger partial charge in [0.1, 0.15) is 0 Å². The molecule has 3 fully saturated rings. The average Bonchev–Trinajstić information content (AvgIpc) is 2.69. The maximum Gasteiger partial charge on any atom is 0.407 e. The third-order valence-electron chi connectivity index (χ3n) is 5.82. The number of carbonyl (C=O) groups is 2. The Bertz CT molecular complexity index is 633. The Labute approximate surface area is 142 Å². The van der Waals surface area contributed by atoms with Crippen molar-refractivity contribution in [1.29, 1.82) is 0 Å². The molecular formula is C19H24N2O3. The van der Waals surface area contributed by atoms with E-state index in [4.69, 9.17) is 4.74 Å². The lowest BCUT2D eigenvalue weighted by Gasteiger charge is -2.44. The van der Waals surface area contributed by atoms with Crippen LogP contribution in [0.4, 0.5) is 4.79 Å². The number of rotatable bonds is 4. The van der Waals surface area contributed by atoms with Crippen molar-refractivity contribution >= 4 is 11.9 Å². The molecule has 5 atom stereocenters. The smallest absolute Gasteiger partial charge is 0.407 e. The van der Waals surface area contributed by atoms with Crippen molar-refractivity contribution in [2.75, 3.05) is 13.2 Å². The van der Waals surface area contributed by atoms with E-state index in [9.17, 15) is 9.59 Å². The van der Waals surface area contributed by atoms with E-state index in [0.717, 1.165) is 25.9 Å². The second-order valence-electron chi connectivity index (χ2n) is 7.26. The number of hydrogen-bond donors (Lipinski definition) is 1. The van der Waals surface area contributed by atoms with Crippen molar-refractivity contribution in [3.8, 4) is 0 Å². The van der Waals surface area contributed by atoms with Gasteiger partial charge < -0.3 is 10.1 Å². The van der Waals surface area contributed by atoms with E-state index >= 15 is 0 Å². The molecule has 2 saturated carbocycles. The Kier molecular flexibility index (Phi) is 4.04. The summed E-state index contributed by atoms with van der Waals surface area (Å²) < 4.78 is 5.03. The van der Waals surface area contributed by atoms with Crippen LogP contribution >= 0.6 is 0 Å². The lowest BCUT2D eigenvalue weighted by Crippen LogP contribution is -2.54. The fraction of sp³-hybridized carbons (Fsp3) is 0.579. The Morgan fingerprint density at radius 2 is 2.08 bits per heavy atom. The van der Waals surface area contributed by atoms with Gasteiger partial charge in [-0.05, 0) is 31.2 Å². The first-order valence-electron chi connectivity index (χ1n) is 8.92. The lowest BCUT2D eigenvalue weighted by atomic mass is 9.74. The van der Waals surface area contributed by atoms with Crippen LogP contribution in [0.5, 0.6) is 0 Å². The van der Waals surface area contributed by atoms with E-state index < -0.39 is 0 Å². The molecule has 5 heteroatoms. The second kappa shape index (κ2) is 6.20. The Morgan fingerprint density at radius 3 is 2.83 bits per heavy atom. The molecule has 0 spiro atoms. The molecule has 0 aromatic heterocycles. The topological polar surface area (TPSA) is 58.6 Å². The van der Waals surface area contributed by atoms with Crippen molar-refractivity contribution in [3.63, 3.8) is 0 Å². The zero-order valence-electron chi connectivity index (χ0n) is 14.0. The molecule has 4 rings (SSSR count). The van der Waals surface area contributed by atoms with Crippen molar-refractivity contribution in [2.45, 2.75) is 38.4 Å². The normalized spacial score (nSPS) is 34.4. The summed E-state index contributed by atoms with van der Waals surface area (Å²) in [5.41, 5.74) is 1.24. The molecule has 2 aliphatic carbocycles. The van der Waals surface area contributed by atoms with Crippen LogP contribution in [0, 0.1) is 17.8 Å². The molecule has 5 unspecified atom stereocenters. The highest BCUT2D eigenvalue weighted by atomic mass is 16.5. The number of carbonyl (C=O) groups excluding carboxylic acids is 2. The van der Waals surface area contributed by atoms with Gasteiger partial charge in [-0.2, -0.15) is 0 Å². The van der Waals surface area contributed by atoms with Gasteiger partial charge in [-0.1, -0.05) is 30.3 Å². The highest BCUT2D eigenvalue weighted by molar-refractivity contribution is 5.91. The van der Waals surface area contributed by atoms with Crippen molar-refractivity contribution in [2.24, 2.45) is 17.8 Å². The van der Waals surface area contributed by atoms with Gasteiger partial charge in [-0.15, -0.1) is 0 Å². The van der Waals surface area contributed by atoms with Crippen molar-refractivity contribution in [1.82, 2.24) is 10.2 Å². The minimum atomic E-state index is -0.389. The summed E-state index contributed by atoms with van der Waals surface area (Å²) in [5, 5.41) is 2.97. The van der Waals surface area contributed by atoms with E-state index in [2.05, 4.69) is 22.3 Å². The number of alkyl carbamates (subject to hydrolysis) is 1. The number of fused-ring (bicyclic) bond motifs is 2. The maximum atomic E-state index is 13.0. The molecule has 1 amide bonds. The van der Waals surface area contributed by atoms with E-state index in [1.807, 2.05) is 18.2 Å². The molecule has 1 aromatic carbocycles. The zero-order chi connectivity index (χ0) is 16.7. The summed E-state index contributed by atoms with van der Waals surface area (Å²) in [5.74, 6) is 1.07. The zero-order valence-corrected chi connectivity index (χ0v) is 14.0. The first kappa shape index (κ1) is 15.6. The highest BCUT2D eigenvalue weighted by Gasteiger charge is 2.59. The van der Waals surface area contributed by atoms with Gasteiger partial charge in [0.05, 0.1) is 12.6 Å². The van der Waals surface area contributed by atoms with Gasteiger partial charge in [0.25, 0.3) is 0 Å². The van der Waals surface area contributed by atoms with Crippen LogP contribution in [-0.2, 0) is 16.1 Å². The first-order valence-corrected chi connectivity index (χ1v) is 8.92. The molecular weight excluding hydrogens is 304 g/mol. The van der Waals surface area contributed by atoms with Crippen LogP contribution < -0.4 is 5.32 Å². The molecule has 24 heavy (non-hydrogen) atoms. The number of nitrogens with one attached hydrogen (secondary N) is 1. The summed E-state index contributed by atoms with van der Waals surface area (Å²) >= 11 is 0. The largest absolute Gasteiger partial charge is 0.450 e. The van der Waals surface area contributed by atoms with Crippen molar-refractivity contribution in [3.05, 3.63) is 35.9 Å². The number of likely N-dealkylation sites (tertiary alicyclic amines) is 1. The van der Waals surface area contributed by atoms with Crippen LogP contribution in [0.15, 0.2) is 30.3 Å². The monoisotopic (exact) mass is 328 g/mol. The summed E-state index contributed by atoms with van der Waals surface area (Å²) in [6.45, 7) is 3.95. The average molecular weight is 328 g/mol. The number of Topliss-reactive ketones (excluding diaryl/α,β-unsaturated/α-hetero) is 1. The third-order valence-corrected chi connectivity index (χ3v) is 5.82. The Hall–Kier alpha value is -1.88. The van der Waals surface area contributed by atoms with E-state index in [1.54, 1.807) is 6.92 Å². The number of benzene rings is 1. The van der Waals surface area contributed by atoms with Gasteiger partial charge in [0.15, 0.2) is 5.78 Å². The number of ether oxygens (including phenoxy) is 1. The number of hydrogen-bond acceptors (Lipinski definition) is 4. The fourth-order valence-corrected chi connectivity index (χ4v) is 5.02. The van der Waals surface area contributed by atoms with Gasteiger partial charge in [-0.25, -0.2) is 4.79 Å². The predicted molar refractivity (Wildman–Crippen MR) is 89.3 cm³/mol. The molecule has 1 aromatic rings. The second-order valence-corrected chi connectivity index (χ2v) is 7.26. The number of ketones is 1.